The molecule has 0 aliphatic carbocycles. The van der Waals surface area contributed by atoms with Crippen molar-refractivity contribution in [3.05, 3.63) is 23.3 Å². The van der Waals surface area contributed by atoms with E-state index in [0.717, 1.165) is 0 Å². The van der Waals surface area contributed by atoms with E-state index >= 15 is 0 Å². The Kier molecular flexibility index (Phi) is 3.35. The molecule has 1 unspecified atom stereocenters. The zero-order valence-corrected chi connectivity index (χ0v) is 11.4. The fourth-order valence-corrected chi connectivity index (χ4v) is 2.87. The number of sulfonamides is 1. The zero-order chi connectivity index (χ0) is 13.5. The molecule has 1 aliphatic rings. The smallest absolute Gasteiger partial charge is 0.256 e. The van der Waals surface area contributed by atoms with Gasteiger partial charge in [-0.2, -0.15) is 0 Å². The van der Waals surface area contributed by atoms with Gasteiger partial charge in [0.1, 0.15) is 11.9 Å². The van der Waals surface area contributed by atoms with Gasteiger partial charge in [-0.15, -0.1) is 0 Å². The standard InChI is InChI=1S/C11H12ClNO4S/c1-6-3-7-4-8(18(15,16)13-2)5-9(11(12)14)10(7)17-6/h4-6,13H,3H2,1-2H3. The van der Waals surface area contributed by atoms with Crippen molar-refractivity contribution in [1.29, 1.82) is 0 Å². The number of rotatable bonds is 3. The molecule has 1 N–H and O–H groups in total. The highest BCUT2D eigenvalue weighted by Gasteiger charge is 2.28. The molecule has 0 aromatic heterocycles. The minimum Gasteiger partial charge on any atom is -0.489 e. The van der Waals surface area contributed by atoms with Gasteiger partial charge in [-0.05, 0) is 43.3 Å². The number of carbonyl (C=O) groups is 1. The number of nitrogens with one attached hydrogen (secondary N) is 1. The maximum Gasteiger partial charge on any atom is 0.256 e. The summed E-state index contributed by atoms with van der Waals surface area (Å²) in [5.74, 6) is 0.387. The first-order valence-electron chi connectivity index (χ1n) is 5.32. The van der Waals surface area contributed by atoms with Crippen molar-refractivity contribution >= 4 is 26.9 Å². The third kappa shape index (κ3) is 2.23. The SMILES string of the molecule is CNS(=O)(=O)c1cc2c(c(C(=O)Cl)c1)OC(C)C2. The lowest BCUT2D eigenvalue weighted by molar-refractivity contribution is 0.107. The van der Waals surface area contributed by atoms with Gasteiger partial charge in [-0.25, -0.2) is 13.1 Å². The highest BCUT2D eigenvalue weighted by molar-refractivity contribution is 7.89. The second-order valence-corrected chi connectivity index (χ2v) is 6.30. The quantitative estimate of drug-likeness (QED) is 0.851. The van der Waals surface area contributed by atoms with Gasteiger partial charge in [0.25, 0.3) is 5.24 Å². The van der Waals surface area contributed by atoms with Gasteiger partial charge in [0, 0.05) is 6.42 Å². The lowest BCUT2D eigenvalue weighted by atomic mass is 10.1. The van der Waals surface area contributed by atoms with Crippen LogP contribution in [-0.2, 0) is 16.4 Å². The highest BCUT2D eigenvalue weighted by Crippen LogP contribution is 2.35. The molecule has 18 heavy (non-hydrogen) atoms. The van der Waals surface area contributed by atoms with Gasteiger partial charge in [0.05, 0.1) is 10.5 Å². The van der Waals surface area contributed by atoms with Crippen LogP contribution in [-0.4, -0.2) is 26.8 Å². The second kappa shape index (κ2) is 4.53. The van der Waals surface area contributed by atoms with E-state index in [1.54, 1.807) is 0 Å². The van der Waals surface area contributed by atoms with E-state index in [4.69, 9.17) is 16.3 Å². The molecule has 0 amide bonds. The largest absolute Gasteiger partial charge is 0.489 e. The average molecular weight is 290 g/mol. The molecule has 1 aliphatic heterocycles. The minimum absolute atomic E-state index is 0.0189. The maximum atomic E-state index is 11.8. The first-order valence-corrected chi connectivity index (χ1v) is 7.18. The number of carbonyl (C=O) groups excluding carboxylic acids is 1. The van der Waals surface area contributed by atoms with Crippen LogP contribution in [0.4, 0.5) is 0 Å². The summed E-state index contributed by atoms with van der Waals surface area (Å²) in [6.07, 6.45) is 0.460. The molecule has 1 atom stereocenters. The van der Waals surface area contributed by atoms with Crippen LogP contribution in [0, 0.1) is 0 Å². The summed E-state index contributed by atoms with van der Waals surface area (Å²) in [6.45, 7) is 1.84. The van der Waals surface area contributed by atoms with E-state index in [1.165, 1.54) is 19.2 Å². The Labute approximate surface area is 110 Å². The molecule has 98 valence electrons. The van der Waals surface area contributed by atoms with Gasteiger partial charge < -0.3 is 4.74 Å². The summed E-state index contributed by atoms with van der Waals surface area (Å²) in [4.78, 5) is 11.4. The predicted molar refractivity (Wildman–Crippen MR) is 66.7 cm³/mol. The van der Waals surface area contributed by atoms with Crippen LogP contribution in [0.2, 0.25) is 0 Å². The highest BCUT2D eigenvalue weighted by atomic mass is 35.5. The molecular weight excluding hydrogens is 278 g/mol. The normalized spacial score (nSPS) is 18.3. The zero-order valence-electron chi connectivity index (χ0n) is 9.86. The van der Waals surface area contributed by atoms with Crippen LogP contribution >= 0.6 is 11.6 Å². The lowest BCUT2D eigenvalue weighted by Crippen LogP contribution is -2.19. The van der Waals surface area contributed by atoms with Gasteiger partial charge in [0.15, 0.2) is 0 Å². The molecule has 7 heteroatoms. The first kappa shape index (κ1) is 13.3. The number of fused-ring (bicyclic) bond motifs is 1. The van der Waals surface area contributed by atoms with Crippen molar-refractivity contribution < 1.29 is 17.9 Å². The van der Waals surface area contributed by atoms with E-state index in [0.29, 0.717) is 17.7 Å². The summed E-state index contributed by atoms with van der Waals surface area (Å²) >= 11 is 5.47. The Bertz CT molecular complexity index is 612. The second-order valence-electron chi connectivity index (χ2n) is 4.07. The molecule has 0 spiro atoms. The molecule has 1 heterocycles. The number of hydrogen-bond donors (Lipinski definition) is 1. The molecule has 2 rings (SSSR count). The fourth-order valence-electron chi connectivity index (χ4n) is 1.92. The molecule has 5 nitrogen and oxygen atoms in total. The molecule has 1 aromatic carbocycles. The summed E-state index contributed by atoms with van der Waals surface area (Å²) < 4.78 is 31.2. The Balaban J connectivity index is 2.65. The number of halogens is 1. The Morgan fingerprint density at radius 2 is 2.17 bits per heavy atom. The Hall–Kier alpha value is -1.11. The first-order chi connectivity index (χ1) is 8.35. The van der Waals surface area contributed by atoms with E-state index in [1.807, 2.05) is 6.92 Å². The Morgan fingerprint density at radius 3 is 2.72 bits per heavy atom. The van der Waals surface area contributed by atoms with Crippen LogP contribution in [0.15, 0.2) is 17.0 Å². The average Bonchev–Trinajstić information content (AvgIpc) is 2.67. The van der Waals surface area contributed by atoms with Crippen molar-refractivity contribution in [1.82, 2.24) is 4.72 Å². The van der Waals surface area contributed by atoms with E-state index < -0.39 is 15.3 Å². The molecule has 0 saturated carbocycles. The number of benzene rings is 1. The van der Waals surface area contributed by atoms with E-state index in [2.05, 4.69) is 4.72 Å². The van der Waals surface area contributed by atoms with E-state index in [-0.39, 0.29) is 16.6 Å². The number of hydrogen-bond acceptors (Lipinski definition) is 4. The van der Waals surface area contributed by atoms with Gasteiger partial charge in [0.2, 0.25) is 10.0 Å². The third-order valence-electron chi connectivity index (χ3n) is 2.76. The van der Waals surface area contributed by atoms with Crippen molar-refractivity contribution in [3.8, 4) is 5.75 Å². The third-order valence-corrected chi connectivity index (χ3v) is 4.35. The topological polar surface area (TPSA) is 72.5 Å². The van der Waals surface area contributed by atoms with Gasteiger partial charge in [-0.1, -0.05) is 0 Å². The molecule has 0 radical (unpaired) electrons. The molecule has 0 bridgehead atoms. The summed E-state index contributed by atoms with van der Waals surface area (Å²) in [7, 11) is -2.30. The molecule has 1 aromatic rings. The number of ether oxygens (including phenoxy) is 1. The summed E-state index contributed by atoms with van der Waals surface area (Å²) in [5, 5.41) is -0.728. The summed E-state index contributed by atoms with van der Waals surface area (Å²) in [5.41, 5.74) is 0.773. The van der Waals surface area contributed by atoms with Gasteiger partial charge in [-0.3, -0.25) is 4.79 Å². The van der Waals surface area contributed by atoms with E-state index in [9.17, 15) is 13.2 Å². The van der Waals surface area contributed by atoms with Crippen molar-refractivity contribution in [2.24, 2.45) is 0 Å². The summed E-state index contributed by atoms with van der Waals surface area (Å²) in [6, 6.07) is 2.74. The Morgan fingerprint density at radius 1 is 1.50 bits per heavy atom. The fraction of sp³-hybridized carbons (Fsp3) is 0.364. The van der Waals surface area contributed by atoms with Crippen LogP contribution in [0.1, 0.15) is 22.8 Å². The minimum atomic E-state index is -3.61. The van der Waals surface area contributed by atoms with Crippen LogP contribution in [0.5, 0.6) is 5.75 Å². The van der Waals surface area contributed by atoms with Crippen LogP contribution in [0.3, 0.4) is 0 Å². The van der Waals surface area contributed by atoms with Crippen molar-refractivity contribution in [2.45, 2.75) is 24.3 Å². The predicted octanol–water partition coefficient (Wildman–Crippen LogP) is 1.30. The van der Waals surface area contributed by atoms with Crippen LogP contribution < -0.4 is 9.46 Å². The molecule has 0 saturated heterocycles. The lowest BCUT2D eigenvalue weighted by Gasteiger charge is -2.09. The monoisotopic (exact) mass is 289 g/mol. The van der Waals surface area contributed by atoms with Crippen LogP contribution in [0.25, 0.3) is 0 Å². The molecule has 0 fully saturated rings. The van der Waals surface area contributed by atoms with Crippen molar-refractivity contribution in [2.75, 3.05) is 7.05 Å². The maximum absolute atomic E-state index is 11.8. The van der Waals surface area contributed by atoms with Crippen molar-refractivity contribution in [3.63, 3.8) is 0 Å². The van der Waals surface area contributed by atoms with Gasteiger partial charge >= 0.3 is 0 Å². The molecular formula is C11H12ClNO4S.